The molecule has 2 N–H and O–H groups in total. The third-order valence-corrected chi connectivity index (χ3v) is 2.81. The molecule has 4 heteroatoms. The summed E-state index contributed by atoms with van der Waals surface area (Å²) in [6.07, 6.45) is 1.15. The molecule has 0 aliphatic carbocycles. The smallest absolute Gasteiger partial charge is 0.191 e. The first-order valence-electron chi connectivity index (χ1n) is 4.39. The molecule has 1 saturated heterocycles. The van der Waals surface area contributed by atoms with E-state index < -0.39 is 0 Å². The number of likely N-dealkylation sites (N-methyl/N-ethyl adjacent to an activating group) is 1. The predicted molar refractivity (Wildman–Crippen MR) is 47.0 cm³/mol. The van der Waals surface area contributed by atoms with E-state index in [-0.39, 0.29) is 0 Å². The van der Waals surface area contributed by atoms with Crippen molar-refractivity contribution in [2.45, 2.75) is 12.5 Å². The molecular formula is C8H15N3O. The zero-order chi connectivity index (χ0) is 8.55. The number of nitrogens with two attached hydrogens (primary N) is 1. The highest BCUT2D eigenvalue weighted by Crippen LogP contribution is 2.23. The average Bonchev–Trinajstić information content (AvgIpc) is 2.64. The maximum Gasteiger partial charge on any atom is 0.191 e. The fourth-order valence-electron chi connectivity index (χ4n) is 1.91. The molecule has 2 unspecified atom stereocenters. The number of guanidine groups is 1. The van der Waals surface area contributed by atoms with Crippen molar-refractivity contribution in [1.82, 2.24) is 4.90 Å². The Balaban J connectivity index is 1.98. The number of nitrogens with zero attached hydrogens (tertiary/aromatic N) is 2. The van der Waals surface area contributed by atoms with Crippen LogP contribution in [0.1, 0.15) is 6.42 Å². The summed E-state index contributed by atoms with van der Waals surface area (Å²) in [5, 5.41) is 0. The van der Waals surface area contributed by atoms with Crippen molar-refractivity contribution < 1.29 is 4.74 Å². The maximum absolute atomic E-state index is 5.67. The summed E-state index contributed by atoms with van der Waals surface area (Å²) in [5.74, 6) is 1.30. The lowest BCUT2D eigenvalue weighted by atomic mass is 9.99. The second kappa shape index (κ2) is 2.94. The van der Waals surface area contributed by atoms with Gasteiger partial charge in [-0.3, -0.25) is 4.99 Å². The van der Waals surface area contributed by atoms with Crippen molar-refractivity contribution in [2.24, 2.45) is 16.6 Å². The van der Waals surface area contributed by atoms with Crippen molar-refractivity contribution in [3.8, 4) is 0 Å². The topological polar surface area (TPSA) is 50.8 Å². The number of aliphatic imine (C=N–C) groups is 1. The van der Waals surface area contributed by atoms with Crippen LogP contribution in [0, 0.1) is 5.92 Å². The zero-order valence-electron chi connectivity index (χ0n) is 7.36. The minimum Gasteiger partial charge on any atom is -0.381 e. The van der Waals surface area contributed by atoms with Crippen molar-refractivity contribution in [3.05, 3.63) is 0 Å². The van der Waals surface area contributed by atoms with E-state index >= 15 is 0 Å². The van der Waals surface area contributed by atoms with Gasteiger partial charge in [0, 0.05) is 19.6 Å². The summed E-state index contributed by atoms with van der Waals surface area (Å²) in [6, 6.07) is 0.479. The first-order valence-corrected chi connectivity index (χ1v) is 4.39. The Labute approximate surface area is 72.4 Å². The third kappa shape index (κ3) is 1.16. The van der Waals surface area contributed by atoms with E-state index in [4.69, 9.17) is 10.5 Å². The molecule has 0 spiro atoms. The number of ether oxygens (including phenoxy) is 1. The summed E-state index contributed by atoms with van der Waals surface area (Å²) < 4.78 is 5.33. The molecule has 1 fully saturated rings. The Morgan fingerprint density at radius 3 is 3.00 bits per heavy atom. The van der Waals surface area contributed by atoms with Gasteiger partial charge < -0.3 is 15.4 Å². The van der Waals surface area contributed by atoms with E-state index in [0.717, 1.165) is 26.2 Å². The maximum atomic E-state index is 5.67. The summed E-state index contributed by atoms with van der Waals surface area (Å²) >= 11 is 0. The summed E-state index contributed by atoms with van der Waals surface area (Å²) in [4.78, 5) is 6.28. The Morgan fingerprint density at radius 1 is 1.67 bits per heavy atom. The minimum atomic E-state index is 0.479. The summed E-state index contributed by atoms with van der Waals surface area (Å²) in [6.45, 7) is 2.61. The van der Waals surface area contributed by atoms with Gasteiger partial charge in [0.1, 0.15) is 0 Å². The van der Waals surface area contributed by atoms with Gasteiger partial charge in [-0.1, -0.05) is 0 Å². The number of hydrogen-bond donors (Lipinski definition) is 1. The molecule has 2 rings (SSSR count). The van der Waals surface area contributed by atoms with Gasteiger partial charge in [0.15, 0.2) is 5.96 Å². The molecule has 12 heavy (non-hydrogen) atoms. The molecule has 2 heterocycles. The van der Waals surface area contributed by atoms with Crippen LogP contribution in [0.5, 0.6) is 0 Å². The van der Waals surface area contributed by atoms with E-state index in [1.165, 1.54) is 0 Å². The van der Waals surface area contributed by atoms with Crippen molar-refractivity contribution in [1.29, 1.82) is 0 Å². The van der Waals surface area contributed by atoms with Gasteiger partial charge in [-0.15, -0.1) is 0 Å². The standard InChI is InChI=1S/C8H15N3O/c1-11-7(4-10-8(11)9)6-2-3-12-5-6/h6-7H,2-5H2,1H3,(H2,9,10). The van der Waals surface area contributed by atoms with E-state index in [1.807, 2.05) is 7.05 Å². The summed E-state index contributed by atoms with van der Waals surface area (Å²) in [7, 11) is 2.01. The fraction of sp³-hybridized carbons (Fsp3) is 0.875. The van der Waals surface area contributed by atoms with E-state index in [2.05, 4.69) is 9.89 Å². The van der Waals surface area contributed by atoms with Gasteiger partial charge in [0.05, 0.1) is 19.2 Å². The lowest BCUT2D eigenvalue weighted by Gasteiger charge is -2.25. The normalized spacial score (nSPS) is 35.8. The Morgan fingerprint density at radius 2 is 2.50 bits per heavy atom. The lowest BCUT2D eigenvalue weighted by Crippen LogP contribution is -2.41. The molecule has 2 atom stereocenters. The van der Waals surface area contributed by atoms with Crippen molar-refractivity contribution >= 4 is 5.96 Å². The van der Waals surface area contributed by atoms with Crippen molar-refractivity contribution in [3.63, 3.8) is 0 Å². The number of rotatable bonds is 1. The fourth-order valence-corrected chi connectivity index (χ4v) is 1.91. The minimum absolute atomic E-state index is 0.479. The first kappa shape index (κ1) is 7.86. The van der Waals surface area contributed by atoms with Gasteiger partial charge in [0.25, 0.3) is 0 Å². The highest BCUT2D eigenvalue weighted by atomic mass is 16.5. The van der Waals surface area contributed by atoms with Crippen LogP contribution in [-0.2, 0) is 4.74 Å². The molecule has 0 radical (unpaired) electrons. The molecule has 4 nitrogen and oxygen atoms in total. The van der Waals surface area contributed by atoms with Crippen LogP contribution in [-0.4, -0.2) is 43.7 Å². The molecule has 0 aromatic carbocycles. The van der Waals surface area contributed by atoms with Gasteiger partial charge in [-0.2, -0.15) is 0 Å². The third-order valence-electron chi connectivity index (χ3n) is 2.81. The van der Waals surface area contributed by atoms with E-state index in [9.17, 15) is 0 Å². The van der Waals surface area contributed by atoms with Crippen LogP contribution >= 0.6 is 0 Å². The van der Waals surface area contributed by atoms with Crippen LogP contribution in [0.15, 0.2) is 4.99 Å². The molecule has 0 amide bonds. The van der Waals surface area contributed by atoms with Crippen LogP contribution < -0.4 is 5.73 Å². The first-order chi connectivity index (χ1) is 5.79. The molecule has 68 valence electrons. The predicted octanol–water partition coefficient (Wildman–Crippen LogP) is -0.348. The molecule has 0 aromatic rings. The monoisotopic (exact) mass is 169 g/mol. The molecule has 0 aromatic heterocycles. The lowest BCUT2D eigenvalue weighted by molar-refractivity contribution is 0.168. The van der Waals surface area contributed by atoms with Gasteiger partial charge >= 0.3 is 0 Å². The second-order valence-electron chi connectivity index (χ2n) is 3.50. The Kier molecular flexibility index (Phi) is 1.92. The van der Waals surface area contributed by atoms with Crippen LogP contribution in [0.3, 0.4) is 0 Å². The molecule has 2 aliphatic rings. The van der Waals surface area contributed by atoms with E-state index in [1.54, 1.807) is 0 Å². The van der Waals surface area contributed by atoms with Gasteiger partial charge in [0.2, 0.25) is 0 Å². The molecule has 0 bridgehead atoms. The van der Waals surface area contributed by atoms with Crippen LogP contribution in [0.4, 0.5) is 0 Å². The molecular weight excluding hydrogens is 154 g/mol. The quantitative estimate of drug-likeness (QED) is 0.584. The van der Waals surface area contributed by atoms with E-state index in [0.29, 0.717) is 17.9 Å². The Hall–Kier alpha value is -0.770. The highest BCUT2D eigenvalue weighted by molar-refractivity contribution is 5.79. The second-order valence-corrected chi connectivity index (χ2v) is 3.50. The largest absolute Gasteiger partial charge is 0.381 e. The zero-order valence-corrected chi connectivity index (χ0v) is 7.36. The van der Waals surface area contributed by atoms with Gasteiger partial charge in [-0.05, 0) is 6.42 Å². The van der Waals surface area contributed by atoms with Crippen LogP contribution in [0.25, 0.3) is 0 Å². The van der Waals surface area contributed by atoms with Crippen LogP contribution in [0.2, 0.25) is 0 Å². The van der Waals surface area contributed by atoms with Gasteiger partial charge in [-0.25, -0.2) is 0 Å². The Bertz CT molecular complexity index is 198. The average molecular weight is 169 g/mol. The number of hydrogen-bond acceptors (Lipinski definition) is 4. The van der Waals surface area contributed by atoms with Crippen molar-refractivity contribution in [2.75, 3.05) is 26.8 Å². The highest BCUT2D eigenvalue weighted by Gasteiger charge is 2.32. The molecule has 0 saturated carbocycles. The molecule has 2 aliphatic heterocycles. The SMILES string of the molecule is CN1C(N)=NCC1C1CCOC1. The summed E-state index contributed by atoms with van der Waals surface area (Å²) in [5.41, 5.74) is 5.67.